The fourth-order valence-electron chi connectivity index (χ4n) is 3.12. The Morgan fingerprint density at radius 3 is 1.50 bits per heavy atom. The van der Waals surface area contributed by atoms with Crippen LogP contribution in [-0.2, 0) is 28.7 Å². The molecule has 11 nitrogen and oxygen atoms in total. The summed E-state index contributed by atoms with van der Waals surface area (Å²) in [6.07, 6.45) is -0.0578. The summed E-state index contributed by atoms with van der Waals surface area (Å²) in [6, 6.07) is 10.0. The summed E-state index contributed by atoms with van der Waals surface area (Å²) in [5, 5.41) is 38.0. The number of imide groups is 1. The van der Waals surface area contributed by atoms with Gasteiger partial charge in [0.05, 0.1) is 12.5 Å². The fourth-order valence-corrected chi connectivity index (χ4v) is 3.12. The Balaban J connectivity index is 1.94. The normalized spacial score (nSPS) is 18.7. The zero-order valence-electron chi connectivity index (χ0n) is 17.7. The van der Waals surface area contributed by atoms with Crippen LogP contribution in [0.4, 0.5) is 0 Å². The fraction of sp³-hybridized carbons (Fsp3) is 0.130. The molecule has 0 radical (unpaired) electrons. The largest absolute Gasteiger partial charge is 0.515 e. The average molecular weight is 469 g/mol. The maximum Gasteiger partial charge on any atom is 0.346 e. The number of likely N-dealkylation sites (N-methyl/N-ethyl adjacent to an activating group) is 1. The number of ether oxygens (including phenoxy) is 2. The number of esters is 2. The molecule has 0 unspecified atom stereocenters. The van der Waals surface area contributed by atoms with E-state index in [9.17, 15) is 39.6 Å². The lowest BCUT2D eigenvalue weighted by Gasteiger charge is -2.26. The van der Waals surface area contributed by atoms with E-state index in [1.807, 2.05) is 0 Å². The predicted molar refractivity (Wildman–Crippen MR) is 115 cm³/mol. The number of likely N-dealkylation sites (tertiary alicyclic amines) is 1. The molecule has 2 aromatic carbocycles. The molecule has 176 valence electrons. The maximum absolute atomic E-state index is 12.8. The van der Waals surface area contributed by atoms with Crippen LogP contribution >= 0.6 is 0 Å². The van der Waals surface area contributed by atoms with Crippen molar-refractivity contribution >= 4 is 34.9 Å². The van der Waals surface area contributed by atoms with Crippen molar-refractivity contribution in [3.05, 3.63) is 72.2 Å². The van der Waals surface area contributed by atoms with Gasteiger partial charge in [0.25, 0.3) is 0 Å². The number of hydrogen-bond donors (Lipinski definition) is 4. The first-order valence-electron chi connectivity index (χ1n) is 9.67. The lowest BCUT2D eigenvalue weighted by molar-refractivity contribution is -0.217. The number of carbonyl (C=O) groups is 4. The quantitative estimate of drug-likeness (QED) is 0.161. The molecule has 4 N–H and O–H groups in total. The van der Waals surface area contributed by atoms with Gasteiger partial charge in [0.1, 0.15) is 29.1 Å². The summed E-state index contributed by atoms with van der Waals surface area (Å²) in [6.45, 7) is 0. The summed E-state index contributed by atoms with van der Waals surface area (Å²) in [4.78, 5) is 51.3. The first-order chi connectivity index (χ1) is 16.1. The molecule has 0 saturated carbocycles. The number of phenols is 2. The number of carbonyl (C=O) groups excluding carboxylic acids is 4. The molecule has 0 spiro atoms. The van der Waals surface area contributed by atoms with Crippen molar-refractivity contribution in [3.8, 4) is 11.5 Å². The van der Waals surface area contributed by atoms with E-state index in [2.05, 4.69) is 0 Å². The maximum atomic E-state index is 12.8. The van der Waals surface area contributed by atoms with Crippen LogP contribution in [0.5, 0.6) is 11.5 Å². The second kappa shape index (κ2) is 9.36. The van der Waals surface area contributed by atoms with E-state index in [0.717, 1.165) is 7.05 Å². The molecule has 11 heteroatoms. The highest BCUT2D eigenvalue weighted by Gasteiger charge is 2.58. The topological polar surface area (TPSA) is 171 Å². The third-order valence-corrected chi connectivity index (χ3v) is 4.96. The van der Waals surface area contributed by atoms with Gasteiger partial charge in [-0.25, -0.2) is 9.59 Å². The minimum atomic E-state index is -2.71. The average Bonchev–Trinajstić information content (AvgIpc) is 3.00. The first kappa shape index (κ1) is 23.9. The molecule has 0 atom stereocenters. The molecule has 1 heterocycles. The van der Waals surface area contributed by atoms with E-state index in [1.54, 1.807) is 0 Å². The van der Waals surface area contributed by atoms with Crippen LogP contribution in [0.25, 0.3) is 11.1 Å². The number of aliphatic hydroxyl groups is 2. The molecular weight excluding hydrogens is 450 g/mol. The zero-order chi connectivity index (χ0) is 25.0. The molecule has 1 fully saturated rings. The second-order valence-corrected chi connectivity index (χ2v) is 7.15. The molecule has 0 aliphatic carbocycles. The standard InChI is InChI=1S/C23H19NO10/c1-24-19(29)10-23(22(24)32,33-20(30)17(11-25)13-2-6-15(27)7-3-13)34-21(31)18(12-26)14-4-8-16(28)9-5-14/h2-9,11-12,25-28H,10H2,1H3. The molecule has 1 aliphatic rings. The number of hydrogen-bond acceptors (Lipinski definition) is 10. The third-order valence-electron chi connectivity index (χ3n) is 4.96. The van der Waals surface area contributed by atoms with Crippen LogP contribution in [0, 0.1) is 0 Å². The van der Waals surface area contributed by atoms with Crippen molar-refractivity contribution in [3.63, 3.8) is 0 Å². The molecule has 0 aromatic heterocycles. The number of aromatic hydroxyl groups is 2. The van der Waals surface area contributed by atoms with Gasteiger partial charge in [-0.15, -0.1) is 0 Å². The Morgan fingerprint density at radius 1 is 0.824 bits per heavy atom. The number of aliphatic hydroxyl groups excluding tert-OH is 2. The van der Waals surface area contributed by atoms with Crippen LogP contribution in [0.1, 0.15) is 17.5 Å². The highest BCUT2D eigenvalue weighted by Crippen LogP contribution is 2.33. The van der Waals surface area contributed by atoms with Gasteiger partial charge < -0.3 is 29.9 Å². The number of amides is 2. The Bertz CT molecular complexity index is 1120. The van der Waals surface area contributed by atoms with Gasteiger partial charge in [-0.3, -0.25) is 14.5 Å². The summed E-state index contributed by atoms with van der Waals surface area (Å²) in [5.41, 5.74) is -0.725. The third kappa shape index (κ3) is 4.53. The van der Waals surface area contributed by atoms with E-state index in [4.69, 9.17) is 9.47 Å². The van der Waals surface area contributed by atoms with Gasteiger partial charge in [-0.1, -0.05) is 24.3 Å². The minimum Gasteiger partial charge on any atom is -0.515 e. The van der Waals surface area contributed by atoms with Gasteiger partial charge >= 0.3 is 23.6 Å². The van der Waals surface area contributed by atoms with Gasteiger partial charge in [-0.2, -0.15) is 0 Å². The number of phenolic OH excluding ortho intramolecular Hbond substituents is 2. The number of rotatable bonds is 6. The van der Waals surface area contributed by atoms with E-state index in [1.165, 1.54) is 48.5 Å². The van der Waals surface area contributed by atoms with Crippen molar-refractivity contribution in [2.45, 2.75) is 12.2 Å². The Labute approximate surface area is 192 Å². The Hall–Kier alpha value is -4.80. The molecule has 3 rings (SSSR count). The zero-order valence-corrected chi connectivity index (χ0v) is 17.7. The van der Waals surface area contributed by atoms with Crippen LogP contribution in [-0.4, -0.2) is 61.9 Å². The highest BCUT2D eigenvalue weighted by molar-refractivity contribution is 6.20. The SMILES string of the molecule is CN1C(=O)CC(OC(=O)C(=CO)c2ccc(O)cc2)(OC(=O)C(=CO)c2ccc(O)cc2)C1=O. The lowest BCUT2D eigenvalue weighted by Crippen LogP contribution is -2.47. The van der Waals surface area contributed by atoms with Crippen molar-refractivity contribution in [1.82, 2.24) is 4.90 Å². The van der Waals surface area contributed by atoms with Crippen molar-refractivity contribution in [1.29, 1.82) is 0 Å². The molecular formula is C23H19NO10. The van der Waals surface area contributed by atoms with Crippen LogP contribution in [0.3, 0.4) is 0 Å². The summed E-state index contributed by atoms with van der Waals surface area (Å²) in [7, 11) is 1.10. The minimum absolute atomic E-state index is 0.0944. The molecule has 0 bridgehead atoms. The van der Waals surface area contributed by atoms with Gasteiger partial charge in [0.2, 0.25) is 5.91 Å². The summed E-state index contributed by atoms with van der Waals surface area (Å²) in [5.74, 6) is -7.54. The van der Waals surface area contributed by atoms with E-state index in [-0.39, 0.29) is 22.6 Å². The van der Waals surface area contributed by atoms with Gasteiger partial charge in [0, 0.05) is 7.05 Å². The highest BCUT2D eigenvalue weighted by atomic mass is 16.7. The first-order valence-corrected chi connectivity index (χ1v) is 9.67. The second-order valence-electron chi connectivity index (χ2n) is 7.15. The summed E-state index contributed by atoms with van der Waals surface area (Å²) < 4.78 is 10.4. The smallest absolute Gasteiger partial charge is 0.346 e. The van der Waals surface area contributed by atoms with Gasteiger partial charge in [0.15, 0.2) is 0 Å². The molecule has 2 amide bonds. The number of nitrogens with zero attached hydrogens (tertiary/aromatic N) is 1. The Morgan fingerprint density at radius 2 is 1.21 bits per heavy atom. The molecule has 34 heavy (non-hydrogen) atoms. The van der Waals surface area contributed by atoms with Gasteiger partial charge in [-0.05, 0) is 35.4 Å². The Kier molecular flexibility index (Phi) is 6.57. The summed E-state index contributed by atoms with van der Waals surface area (Å²) >= 11 is 0. The molecule has 1 saturated heterocycles. The van der Waals surface area contributed by atoms with Crippen LogP contribution in [0.15, 0.2) is 61.1 Å². The number of benzene rings is 2. The molecule has 1 aliphatic heterocycles. The van der Waals surface area contributed by atoms with Crippen LogP contribution in [0.2, 0.25) is 0 Å². The van der Waals surface area contributed by atoms with Crippen LogP contribution < -0.4 is 0 Å². The van der Waals surface area contributed by atoms with E-state index < -0.39 is 47.1 Å². The van der Waals surface area contributed by atoms with E-state index >= 15 is 0 Å². The van der Waals surface area contributed by atoms with E-state index in [0.29, 0.717) is 17.4 Å². The predicted octanol–water partition coefficient (Wildman–Crippen LogP) is 1.77. The van der Waals surface area contributed by atoms with Crippen molar-refractivity contribution in [2.24, 2.45) is 0 Å². The lowest BCUT2D eigenvalue weighted by atomic mass is 10.1. The molecule has 2 aromatic rings. The van der Waals surface area contributed by atoms with Crippen molar-refractivity contribution < 1.29 is 49.1 Å². The monoisotopic (exact) mass is 469 g/mol. The van der Waals surface area contributed by atoms with Crippen molar-refractivity contribution in [2.75, 3.05) is 7.05 Å².